The van der Waals surface area contributed by atoms with Crippen molar-refractivity contribution in [3.8, 4) is 17.2 Å². The Morgan fingerprint density at radius 2 is 1.46 bits per heavy atom. The van der Waals surface area contributed by atoms with Gasteiger partial charge < -0.3 is 14.2 Å². The van der Waals surface area contributed by atoms with Crippen LogP contribution >= 0.6 is 0 Å². The summed E-state index contributed by atoms with van der Waals surface area (Å²) in [5.74, 6) is 0.104. The molecule has 0 aliphatic rings. The van der Waals surface area contributed by atoms with Crippen LogP contribution in [0.5, 0.6) is 17.2 Å². The molecule has 0 saturated carbocycles. The van der Waals surface area contributed by atoms with E-state index in [1.165, 1.54) is 12.1 Å². The van der Waals surface area contributed by atoms with Gasteiger partial charge in [0, 0.05) is 0 Å². The van der Waals surface area contributed by atoms with E-state index in [0.717, 1.165) is 0 Å². The van der Waals surface area contributed by atoms with Crippen LogP contribution in [-0.4, -0.2) is 25.6 Å². The lowest BCUT2D eigenvalue weighted by molar-refractivity contribution is 0.103. The molecule has 0 spiro atoms. The van der Waals surface area contributed by atoms with Crippen molar-refractivity contribution in [1.82, 2.24) is 0 Å². The van der Waals surface area contributed by atoms with Crippen LogP contribution in [-0.2, 0) is 0 Å². The Kier molecular flexibility index (Phi) is 6.18. The highest BCUT2D eigenvalue weighted by atomic mass is 19.1. The summed E-state index contributed by atoms with van der Waals surface area (Å²) in [6.45, 7) is 6.67. The van der Waals surface area contributed by atoms with Gasteiger partial charge in [-0.1, -0.05) is 12.1 Å². The van der Waals surface area contributed by atoms with Gasteiger partial charge in [-0.15, -0.1) is 0 Å². The fraction of sp³-hybridized carbons (Fsp3) is 0.316. The molecule has 0 radical (unpaired) electrons. The zero-order valence-corrected chi connectivity index (χ0v) is 14.1. The Morgan fingerprint density at radius 1 is 0.833 bits per heavy atom. The first kappa shape index (κ1) is 17.8. The van der Waals surface area contributed by atoms with Crippen LogP contribution in [0.4, 0.5) is 4.39 Å². The van der Waals surface area contributed by atoms with E-state index in [1.807, 2.05) is 13.8 Å². The van der Waals surface area contributed by atoms with Gasteiger partial charge in [0.05, 0.1) is 30.9 Å². The SMILES string of the molecule is CCOc1ccc(C(=O)c2ccccc2F)c(OCC)c1OCC. The van der Waals surface area contributed by atoms with Gasteiger partial charge in [-0.3, -0.25) is 4.79 Å². The highest BCUT2D eigenvalue weighted by Gasteiger charge is 2.24. The van der Waals surface area contributed by atoms with Crippen LogP contribution in [0.1, 0.15) is 36.7 Å². The minimum atomic E-state index is -0.572. The summed E-state index contributed by atoms with van der Waals surface area (Å²) in [6, 6.07) is 9.09. The van der Waals surface area contributed by atoms with Crippen LogP contribution in [0, 0.1) is 5.82 Å². The summed E-state index contributed by atoms with van der Waals surface area (Å²) >= 11 is 0. The molecule has 0 heterocycles. The molecule has 0 aliphatic heterocycles. The largest absolute Gasteiger partial charge is 0.490 e. The third-order valence-corrected chi connectivity index (χ3v) is 3.32. The molecular weight excluding hydrogens is 311 g/mol. The second-order valence-electron chi connectivity index (χ2n) is 4.88. The first-order chi connectivity index (χ1) is 11.6. The second-order valence-corrected chi connectivity index (χ2v) is 4.88. The highest BCUT2D eigenvalue weighted by Crippen LogP contribution is 2.41. The summed E-state index contributed by atoms with van der Waals surface area (Å²) in [6.07, 6.45) is 0. The van der Waals surface area contributed by atoms with E-state index in [2.05, 4.69) is 0 Å². The van der Waals surface area contributed by atoms with Crippen LogP contribution in [0.2, 0.25) is 0 Å². The molecule has 0 fully saturated rings. The number of hydrogen-bond acceptors (Lipinski definition) is 4. The second kappa shape index (κ2) is 8.34. The predicted octanol–water partition coefficient (Wildman–Crippen LogP) is 4.25. The van der Waals surface area contributed by atoms with Crippen molar-refractivity contribution in [3.63, 3.8) is 0 Å². The molecule has 2 aromatic carbocycles. The monoisotopic (exact) mass is 332 g/mol. The van der Waals surface area contributed by atoms with E-state index in [0.29, 0.717) is 31.3 Å². The van der Waals surface area contributed by atoms with Crippen LogP contribution in [0.3, 0.4) is 0 Å². The van der Waals surface area contributed by atoms with E-state index in [1.54, 1.807) is 31.2 Å². The Morgan fingerprint density at radius 3 is 2.08 bits per heavy atom. The van der Waals surface area contributed by atoms with Gasteiger partial charge in [0.1, 0.15) is 5.82 Å². The summed E-state index contributed by atoms with van der Waals surface area (Å²) in [5.41, 5.74) is 0.235. The topological polar surface area (TPSA) is 44.8 Å². The summed E-state index contributed by atoms with van der Waals surface area (Å²) in [5, 5.41) is 0. The smallest absolute Gasteiger partial charge is 0.204 e. The number of carbonyl (C=O) groups is 1. The number of carbonyl (C=O) groups excluding carboxylic acids is 1. The lowest BCUT2D eigenvalue weighted by Crippen LogP contribution is -2.10. The molecule has 5 heteroatoms. The molecule has 128 valence electrons. The van der Waals surface area contributed by atoms with E-state index in [4.69, 9.17) is 14.2 Å². The quantitative estimate of drug-likeness (QED) is 0.678. The molecule has 0 aliphatic carbocycles. The molecule has 0 bridgehead atoms. The van der Waals surface area contributed by atoms with E-state index in [-0.39, 0.29) is 16.9 Å². The van der Waals surface area contributed by atoms with Gasteiger partial charge in [-0.05, 0) is 45.0 Å². The van der Waals surface area contributed by atoms with E-state index in [9.17, 15) is 9.18 Å². The molecule has 0 N–H and O–H groups in total. The van der Waals surface area contributed by atoms with Crippen molar-refractivity contribution in [3.05, 3.63) is 53.3 Å². The number of rotatable bonds is 8. The molecule has 24 heavy (non-hydrogen) atoms. The molecule has 0 saturated heterocycles. The van der Waals surface area contributed by atoms with Gasteiger partial charge in [-0.2, -0.15) is 0 Å². The maximum Gasteiger partial charge on any atom is 0.204 e. The lowest BCUT2D eigenvalue weighted by Gasteiger charge is -2.18. The summed E-state index contributed by atoms with van der Waals surface area (Å²) in [7, 11) is 0. The Bertz CT molecular complexity index is 713. The zero-order chi connectivity index (χ0) is 17.5. The van der Waals surface area contributed by atoms with Gasteiger partial charge in [0.25, 0.3) is 0 Å². The van der Waals surface area contributed by atoms with Crippen molar-refractivity contribution < 1.29 is 23.4 Å². The van der Waals surface area contributed by atoms with Crippen LogP contribution in [0.25, 0.3) is 0 Å². The van der Waals surface area contributed by atoms with Gasteiger partial charge in [0.15, 0.2) is 17.3 Å². The van der Waals surface area contributed by atoms with Crippen LogP contribution in [0.15, 0.2) is 36.4 Å². The standard InChI is InChI=1S/C19H21FO4/c1-4-22-16-12-11-14(18(23-5-2)19(16)24-6-3)17(21)13-9-7-8-10-15(13)20/h7-12H,4-6H2,1-3H3. The maximum absolute atomic E-state index is 14.0. The van der Waals surface area contributed by atoms with E-state index < -0.39 is 11.6 Å². The van der Waals surface area contributed by atoms with Crippen molar-refractivity contribution in [2.75, 3.05) is 19.8 Å². The van der Waals surface area contributed by atoms with E-state index >= 15 is 0 Å². The third-order valence-electron chi connectivity index (χ3n) is 3.32. The third kappa shape index (κ3) is 3.67. The summed E-state index contributed by atoms with van der Waals surface area (Å²) in [4.78, 5) is 12.8. The normalized spacial score (nSPS) is 10.3. The molecule has 4 nitrogen and oxygen atoms in total. The van der Waals surface area contributed by atoms with Crippen molar-refractivity contribution in [1.29, 1.82) is 0 Å². The molecule has 0 unspecified atom stereocenters. The minimum Gasteiger partial charge on any atom is -0.490 e. The van der Waals surface area contributed by atoms with Crippen LogP contribution < -0.4 is 14.2 Å². The number of hydrogen-bond donors (Lipinski definition) is 0. The predicted molar refractivity (Wildman–Crippen MR) is 89.8 cm³/mol. The fourth-order valence-corrected chi connectivity index (χ4v) is 2.35. The Hall–Kier alpha value is -2.56. The van der Waals surface area contributed by atoms with Gasteiger partial charge >= 0.3 is 0 Å². The highest BCUT2D eigenvalue weighted by molar-refractivity contribution is 6.11. The molecule has 2 aromatic rings. The molecule has 0 atom stereocenters. The molecule has 2 rings (SSSR count). The molecule has 0 aromatic heterocycles. The zero-order valence-electron chi connectivity index (χ0n) is 14.1. The average Bonchev–Trinajstić information content (AvgIpc) is 2.58. The number of ether oxygens (including phenoxy) is 3. The van der Waals surface area contributed by atoms with Gasteiger partial charge in [0.2, 0.25) is 5.75 Å². The number of benzene rings is 2. The first-order valence-electron chi connectivity index (χ1n) is 7.98. The van der Waals surface area contributed by atoms with Gasteiger partial charge in [-0.25, -0.2) is 4.39 Å². The fourth-order valence-electron chi connectivity index (χ4n) is 2.35. The first-order valence-corrected chi connectivity index (χ1v) is 7.98. The molecule has 0 amide bonds. The number of ketones is 1. The summed E-state index contributed by atoms with van der Waals surface area (Å²) < 4.78 is 30.8. The lowest BCUT2D eigenvalue weighted by atomic mass is 10.0. The Labute approximate surface area is 141 Å². The number of halogens is 1. The van der Waals surface area contributed by atoms with Crippen molar-refractivity contribution >= 4 is 5.78 Å². The average molecular weight is 332 g/mol. The Balaban J connectivity index is 2.58. The maximum atomic E-state index is 14.0. The molecular formula is C19H21FO4. The minimum absolute atomic E-state index is 0.00920. The van der Waals surface area contributed by atoms with Crippen molar-refractivity contribution in [2.24, 2.45) is 0 Å². The van der Waals surface area contributed by atoms with Crippen molar-refractivity contribution in [2.45, 2.75) is 20.8 Å².